The molecule has 5 heteroatoms. The predicted molar refractivity (Wildman–Crippen MR) is 61.2 cm³/mol. The van der Waals surface area contributed by atoms with Gasteiger partial charge >= 0.3 is 5.97 Å². The van der Waals surface area contributed by atoms with Crippen LogP contribution in [0.5, 0.6) is 0 Å². The summed E-state index contributed by atoms with van der Waals surface area (Å²) >= 11 is 0. The number of ether oxygens (including phenoxy) is 1. The van der Waals surface area contributed by atoms with Gasteiger partial charge in [-0.25, -0.2) is 0 Å². The largest absolute Gasteiger partial charge is 0.452 e. The highest BCUT2D eigenvalue weighted by molar-refractivity contribution is 6.06. The Hall–Kier alpha value is -1.65. The summed E-state index contributed by atoms with van der Waals surface area (Å²) in [5.74, 6) is -0.290. The number of likely N-dealkylation sites (tertiary alicyclic amines) is 1. The normalized spacial score (nSPS) is 37.7. The third-order valence-electron chi connectivity index (χ3n) is 4.03. The van der Waals surface area contributed by atoms with Gasteiger partial charge < -0.3 is 4.74 Å². The quantitative estimate of drug-likeness (QED) is 0.409. The summed E-state index contributed by atoms with van der Waals surface area (Å²) < 4.78 is 4.89. The zero-order valence-corrected chi connectivity index (χ0v) is 10.2. The van der Waals surface area contributed by atoms with E-state index in [1.54, 1.807) is 0 Å². The highest BCUT2D eigenvalue weighted by Gasteiger charge is 2.49. The first kappa shape index (κ1) is 11.4. The smallest absolute Gasteiger partial charge is 0.303 e. The van der Waals surface area contributed by atoms with Gasteiger partial charge in [0.15, 0.2) is 6.10 Å². The van der Waals surface area contributed by atoms with Crippen molar-refractivity contribution in [2.75, 3.05) is 0 Å². The van der Waals surface area contributed by atoms with E-state index in [1.165, 1.54) is 11.8 Å². The van der Waals surface area contributed by atoms with Crippen LogP contribution >= 0.6 is 0 Å². The Morgan fingerprint density at radius 1 is 1.33 bits per heavy atom. The summed E-state index contributed by atoms with van der Waals surface area (Å²) in [6.07, 6.45) is 5.23. The molecule has 0 aromatic heterocycles. The van der Waals surface area contributed by atoms with Crippen molar-refractivity contribution in [2.45, 2.75) is 38.3 Å². The minimum absolute atomic E-state index is 0.00395. The molecule has 3 aliphatic rings. The first-order chi connectivity index (χ1) is 8.56. The van der Waals surface area contributed by atoms with Crippen LogP contribution in [0.15, 0.2) is 12.2 Å². The maximum atomic E-state index is 12.1. The molecule has 0 N–H and O–H groups in total. The number of allylic oxidation sites excluding steroid dienone is 1. The summed E-state index contributed by atoms with van der Waals surface area (Å²) in [5, 5.41) is 0. The summed E-state index contributed by atoms with van der Waals surface area (Å²) in [6, 6.07) is -0.0273. The Morgan fingerprint density at radius 3 is 2.67 bits per heavy atom. The lowest BCUT2D eigenvalue weighted by molar-refractivity contribution is -0.155. The van der Waals surface area contributed by atoms with E-state index in [4.69, 9.17) is 4.74 Å². The maximum Gasteiger partial charge on any atom is 0.303 e. The Morgan fingerprint density at radius 2 is 2.11 bits per heavy atom. The van der Waals surface area contributed by atoms with Crippen molar-refractivity contribution < 1.29 is 19.1 Å². The lowest BCUT2D eigenvalue weighted by atomic mass is 10.0. The minimum atomic E-state index is -0.905. The topological polar surface area (TPSA) is 63.7 Å². The van der Waals surface area contributed by atoms with Crippen LogP contribution in [0.2, 0.25) is 0 Å². The highest BCUT2D eigenvalue weighted by atomic mass is 16.5. The predicted octanol–water partition coefficient (Wildman–Crippen LogP) is 0.642. The van der Waals surface area contributed by atoms with E-state index in [0.717, 1.165) is 12.8 Å². The van der Waals surface area contributed by atoms with Crippen molar-refractivity contribution in [1.82, 2.24) is 4.90 Å². The SMILES string of the molecule is CC(=O)OC1CC(=O)N(C2CC3C=CC2C3)C1=O. The van der Waals surface area contributed by atoms with Gasteiger partial charge in [0.05, 0.1) is 6.42 Å². The molecule has 0 radical (unpaired) electrons. The minimum Gasteiger partial charge on any atom is -0.452 e. The number of rotatable bonds is 2. The fraction of sp³-hybridized carbons (Fsp3) is 0.615. The monoisotopic (exact) mass is 249 g/mol. The number of nitrogens with zero attached hydrogens (tertiary/aromatic N) is 1. The van der Waals surface area contributed by atoms with Gasteiger partial charge in [-0.3, -0.25) is 19.3 Å². The molecule has 2 aliphatic carbocycles. The number of fused-ring (bicyclic) bond motifs is 2. The molecule has 0 spiro atoms. The zero-order chi connectivity index (χ0) is 12.9. The lowest BCUT2D eigenvalue weighted by Gasteiger charge is -2.27. The number of hydrogen-bond acceptors (Lipinski definition) is 4. The van der Waals surface area contributed by atoms with E-state index >= 15 is 0 Å². The molecular weight excluding hydrogens is 234 g/mol. The average Bonchev–Trinajstić information content (AvgIpc) is 2.94. The first-order valence-electron chi connectivity index (χ1n) is 6.27. The number of hydrogen-bond donors (Lipinski definition) is 0. The van der Waals surface area contributed by atoms with Crippen LogP contribution in [0.3, 0.4) is 0 Å². The van der Waals surface area contributed by atoms with Crippen molar-refractivity contribution in [3.63, 3.8) is 0 Å². The molecule has 2 amide bonds. The van der Waals surface area contributed by atoms with E-state index in [0.29, 0.717) is 11.8 Å². The average molecular weight is 249 g/mol. The van der Waals surface area contributed by atoms with Gasteiger partial charge in [-0.15, -0.1) is 0 Å². The summed E-state index contributed by atoms with van der Waals surface area (Å²) in [5.41, 5.74) is 0. The second-order valence-corrected chi connectivity index (χ2v) is 5.25. The summed E-state index contributed by atoms with van der Waals surface area (Å²) in [4.78, 5) is 36.3. The zero-order valence-electron chi connectivity index (χ0n) is 10.2. The van der Waals surface area contributed by atoms with Gasteiger partial charge in [0.25, 0.3) is 5.91 Å². The fourth-order valence-electron chi connectivity index (χ4n) is 3.31. The molecule has 2 bridgehead atoms. The summed E-state index contributed by atoms with van der Waals surface area (Å²) in [7, 11) is 0. The van der Waals surface area contributed by atoms with Crippen molar-refractivity contribution in [3.8, 4) is 0 Å². The number of carbonyl (C=O) groups excluding carboxylic acids is 3. The molecule has 1 saturated heterocycles. The molecule has 0 aromatic carbocycles. The number of imide groups is 1. The van der Waals surface area contributed by atoms with Crippen LogP contribution in [0.25, 0.3) is 0 Å². The molecule has 0 aromatic rings. The lowest BCUT2D eigenvalue weighted by Crippen LogP contribution is -2.43. The Labute approximate surface area is 105 Å². The molecule has 5 nitrogen and oxygen atoms in total. The molecule has 1 heterocycles. The second-order valence-electron chi connectivity index (χ2n) is 5.25. The van der Waals surface area contributed by atoms with Gasteiger partial charge in [-0.2, -0.15) is 0 Å². The van der Waals surface area contributed by atoms with Crippen molar-refractivity contribution in [3.05, 3.63) is 12.2 Å². The van der Waals surface area contributed by atoms with Crippen LogP contribution < -0.4 is 0 Å². The van der Waals surface area contributed by atoms with E-state index in [1.807, 2.05) is 0 Å². The van der Waals surface area contributed by atoms with Crippen LogP contribution in [0, 0.1) is 11.8 Å². The number of carbonyl (C=O) groups is 3. The highest BCUT2D eigenvalue weighted by Crippen LogP contribution is 2.43. The van der Waals surface area contributed by atoms with Gasteiger partial charge in [0.1, 0.15) is 0 Å². The van der Waals surface area contributed by atoms with Gasteiger partial charge in [0, 0.05) is 13.0 Å². The molecule has 3 rings (SSSR count). The third kappa shape index (κ3) is 1.65. The molecular formula is C13H15NO4. The van der Waals surface area contributed by atoms with E-state index in [9.17, 15) is 14.4 Å². The summed E-state index contributed by atoms with van der Waals surface area (Å²) in [6.45, 7) is 1.25. The van der Waals surface area contributed by atoms with Crippen molar-refractivity contribution in [1.29, 1.82) is 0 Å². The van der Waals surface area contributed by atoms with Gasteiger partial charge in [0.2, 0.25) is 5.91 Å². The molecule has 4 atom stereocenters. The van der Waals surface area contributed by atoms with Gasteiger partial charge in [-0.1, -0.05) is 12.2 Å². The molecule has 2 fully saturated rings. The van der Waals surface area contributed by atoms with Crippen LogP contribution in [-0.4, -0.2) is 34.8 Å². The molecule has 96 valence electrons. The second kappa shape index (κ2) is 3.93. The number of amides is 2. The van der Waals surface area contributed by atoms with Gasteiger partial charge in [-0.05, 0) is 24.7 Å². The Bertz CT molecular complexity index is 456. The Kier molecular flexibility index (Phi) is 2.50. The van der Waals surface area contributed by atoms with E-state index in [-0.39, 0.29) is 24.3 Å². The molecule has 1 saturated carbocycles. The molecule has 4 unspecified atom stereocenters. The van der Waals surface area contributed by atoms with Crippen LogP contribution in [0.4, 0.5) is 0 Å². The van der Waals surface area contributed by atoms with Crippen LogP contribution in [0.1, 0.15) is 26.2 Å². The van der Waals surface area contributed by atoms with E-state index < -0.39 is 12.1 Å². The van der Waals surface area contributed by atoms with Crippen molar-refractivity contribution >= 4 is 17.8 Å². The third-order valence-corrected chi connectivity index (χ3v) is 4.03. The fourth-order valence-corrected chi connectivity index (χ4v) is 3.31. The number of esters is 1. The maximum absolute atomic E-state index is 12.1. The Balaban J connectivity index is 1.77. The molecule has 18 heavy (non-hydrogen) atoms. The molecule has 1 aliphatic heterocycles. The first-order valence-corrected chi connectivity index (χ1v) is 6.27. The van der Waals surface area contributed by atoms with Crippen molar-refractivity contribution in [2.24, 2.45) is 11.8 Å². The van der Waals surface area contributed by atoms with E-state index in [2.05, 4.69) is 12.2 Å². The van der Waals surface area contributed by atoms with Crippen LogP contribution in [-0.2, 0) is 19.1 Å². The standard InChI is InChI=1S/C13H15NO4/c1-7(15)18-11-6-12(16)14(13(11)17)10-5-8-2-3-9(10)4-8/h2-3,8-11H,4-6H2,1H3.